The van der Waals surface area contributed by atoms with Gasteiger partial charge in [-0.25, -0.2) is 4.39 Å². The fourth-order valence-corrected chi connectivity index (χ4v) is 2.71. The van der Waals surface area contributed by atoms with E-state index in [0.29, 0.717) is 16.8 Å². The average Bonchev–Trinajstić information content (AvgIpc) is 2.55. The van der Waals surface area contributed by atoms with E-state index in [-0.39, 0.29) is 24.2 Å². The summed E-state index contributed by atoms with van der Waals surface area (Å²) in [5.74, 6) is 0.160. The molecule has 2 aromatic carbocycles. The third-order valence-corrected chi connectivity index (χ3v) is 4.18. The highest BCUT2D eigenvalue weighted by atomic mass is 79.9. The lowest BCUT2D eigenvalue weighted by Crippen LogP contribution is -2.32. The molecular weight excluding hydrogens is 361 g/mol. The SMILES string of the molecule is CC[C@H](CNC(=O)COc1ccc(F)cc1Br)c1ccccc1. The molecule has 2 rings (SSSR count). The lowest BCUT2D eigenvalue weighted by atomic mass is 9.96. The van der Waals surface area contributed by atoms with Gasteiger partial charge < -0.3 is 10.1 Å². The van der Waals surface area contributed by atoms with Crippen LogP contribution >= 0.6 is 15.9 Å². The van der Waals surface area contributed by atoms with Crippen molar-refractivity contribution in [2.75, 3.05) is 13.2 Å². The highest BCUT2D eigenvalue weighted by Gasteiger charge is 2.11. The largest absolute Gasteiger partial charge is 0.483 e. The molecule has 0 bridgehead atoms. The van der Waals surface area contributed by atoms with Gasteiger partial charge in [-0.15, -0.1) is 0 Å². The Bertz CT molecular complexity index is 649. The van der Waals surface area contributed by atoms with Crippen molar-refractivity contribution in [3.8, 4) is 5.75 Å². The fourth-order valence-electron chi connectivity index (χ4n) is 2.25. The maximum Gasteiger partial charge on any atom is 0.257 e. The first-order valence-electron chi connectivity index (χ1n) is 7.49. The molecule has 0 unspecified atom stereocenters. The summed E-state index contributed by atoms with van der Waals surface area (Å²) >= 11 is 3.20. The number of amides is 1. The van der Waals surface area contributed by atoms with Crippen molar-refractivity contribution in [1.29, 1.82) is 0 Å². The molecule has 1 amide bonds. The minimum atomic E-state index is -0.359. The molecule has 1 N–H and O–H groups in total. The number of nitrogens with one attached hydrogen (secondary N) is 1. The van der Waals surface area contributed by atoms with Gasteiger partial charge in [0.2, 0.25) is 0 Å². The van der Waals surface area contributed by atoms with Crippen molar-refractivity contribution in [2.24, 2.45) is 0 Å². The number of halogens is 2. The highest BCUT2D eigenvalue weighted by Crippen LogP contribution is 2.25. The number of rotatable bonds is 7. The van der Waals surface area contributed by atoms with E-state index in [1.807, 2.05) is 18.2 Å². The zero-order valence-electron chi connectivity index (χ0n) is 12.9. The van der Waals surface area contributed by atoms with E-state index in [4.69, 9.17) is 4.74 Å². The minimum absolute atomic E-state index is 0.102. The summed E-state index contributed by atoms with van der Waals surface area (Å²) < 4.78 is 18.9. The average molecular weight is 380 g/mol. The molecule has 3 nitrogen and oxygen atoms in total. The van der Waals surface area contributed by atoms with E-state index in [1.165, 1.54) is 23.8 Å². The predicted molar refractivity (Wildman–Crippen MR) is 92.1 cm³/mol. The van der Waals surface area contributed by atoms with Crippen LogP contribution in [0.25, 0.3) is 0 Å². The van der Waals surface area contributed by atoms with Crippen LogP contribution in [0.5, 0.6) is 5.75 Å². The van der Waals surface area contributed by atoms with Gasteiger partial charge in [-0.2, -0.15) is 0 Å². The molecule has 0 fully saturated rings. The van der Waals surface area contributed by atoms with Gasteiger partial charge in [-0.3, -0.25) is 4.79 Å². The molecule has 2 aromatic rings. The van der Waals surface area contributed by atoms with Crippen LogP contribution in [0, 0.1) is 5.82 Å². The summed E-state index contributed by atoms with van der Waals surface area (Å²) in [5.41, 5.74) is 1.21. The summed E-state index contributed by atoms with van der Waals surface area (Å²) in [6.45, 7) is 2.55. The molecule has 0 aliphatic rings. The van der Waals surface area contributed by atoms with E-state index >= 15 is 0 Å². The summed E-state index contributed by atoms with van der Waals surface area (Å²) in [6.07, 6.45) is 0.939. The van der Waals surface area contributed by atoms with Gasteiger partial charge in [-0.1, -0.05) is 37.3 Å². The van der Waals surface area contributed by atoms with Crippen LogP contribution in [-0.4, -0.2) is 19.1 Å². The van der Waals surface area contributed by atoms with Gasteiger partial charge in [0.15, 0.2) is 6.61 Å². The number of ether oxygens (including phenoxy) is 1. The van der Waals surface area contributed by atoms with Crippen molar-refractivity contribution in [1.82, 2.24) is 5.32 Å². The Labute approximate surface area is 144 Å². The van der Waals surface area contributed by atoms with Crippen molar-refractivity contribution < 1.29 is 13.9 Å². The zero-order valence-corrected chi connectivity index (χ0v) is 14.5. The number of carbonyl (C=O) groups is 1. The van der Waals surface area contributed by atoms with Crippen LogP contribution in [-0.2, 0) is 4.79 Å². The molecular formula is C18H19BrFNO2. The Morgan fingerprint density at radius 3 is 2.65 bits per heavy atom. The van der Waals surface area contributed by atoms with Crippen molar-refractivity contribution >= 4 is 21.8 Å². The monoisotopic (exact) mass is 379 g/mol. The maximum atomic E-state index is 13.0. The van der Waals surface area contributed by atoms with Crippen LogP contribution in [0.2, 0.25) is 0 Å². The highest BCUT2D eigenvalue weighted by molar-refractivity contribution is 9.10. The van der Waals surface area contributed by atoms with Crippen molar-refractivity contribution in [2.45, 2.75) is 19.3 Å². The molecule has 1 atom stereocenters. The summed E-state index contributed by atoms with van der Waals surface area (Å²) in [6, 6.07) is 14.2. The molecule has 23 heavy (non-hydrogen) atoms. The first kappa shape index (κ1) is 17.5. The molecule has 0 saturated carbocycles. The van der Waals surface area contributed by atoms with Crippen LogP contribution < -0.4 is 10.1 Å². The summed E-state index contributed by atoms with van der Waals surface area (Å²) in [4.78, 5) is 11.9. The Morgan fingerprint density at radius 2 is 2.00 bits per heavy atom. The Morgan fingerprint density at radius 1 is 1.26 bits per heavy atom. The molecule has 0 radical (unpaired) electrons. The smallest absolute Gasteiger partial charge is 0.257 e. The molecule has 5 heteroatoms. The second-order valence-corrected chi connectivity index (χ2v) is 6.04. The topological polar surface area (TPSA) is 38.3 Å². The first-order valence-corrected chi connectivity index (χ1v) is 8.29. The molecule has 0 aliphatic heterocycles. The Balaban J connectivity index is 1.82. The quantitative estimate of drug-likeness (QED) is 0.779. The number of benzene rings is 2. The van der Waals surface area contributed by atoms with E-state index in [9.17, 15) is 9.18 Å². The van der Waals surface area contributed by atoms with Crippen LogP contribution in [0.1, 0.15) is 24.8 Å². The third kappa shape index (κ3) is 5.36. The van der Waals surface area contributed by atoms with Gasteiger partial charge in [0, 0.05) is 12.5 Å². The van der Waals surface area contributed by atoms with E-state index < -0.39 is 0 Å². The Kier molecular flexibility index (Phi) is 6.59. The lowest BCUT2D eigenvalue weighted by molar-refractivity contribution is -0.123. The number of carbonyl (C=O) groups excluding carboxylic acids is 1. The molecule has 0 spiro atoms. The number of hydrogen-bond donors (Lipinski definition) is 1. The van der Waals surface area contributed by atoms with Gasteiger partial charge in [-0.05, 0) is 46.1 Å². The third-order valence-electron chi connectivity index (χ3n) is 3.56. The molecule has 0 aliphatic carbocycles. The predicted octanol–water partition coefficient (Wildman–Crippen LogP) is 4.28. The van der Waals surface area contributed by atoms with Crippen LogP contribution in [0.4, 0.5) is 4.39 Å². The first-order chi connectivity index (χ1) is 11.1. The van der Waals surface area contributed by atoms with Crippen LogP contribution in [0.15, 0.2) is 53.0 Å². The number of hydrogen-bond acceptors (Lipinski definition) is 2. The van der Waals surface area contributed by atoms with E-state index in [2.05, 4.69) is 40.3 Å². The minimum Gasteiger partial charge on any atom is -0.483 e. The van der Waals surface area contributed by atoms with Crippen molar-refractivity contribution in [3.05, 3.63) is 64.4 Å². The standard InChI is InChI=1S/C18H19BrFNO2/c1-2-13(14-6-4-3-5-7-14)11-21-18(22)12-23-17-9-8-15(20)10-16(17)19/h3-10,13H,2,11-12H2,1H3,(H,21,22)/t13-/m1/s1. The molecule has 0 aromatic heterocycles. The van der Waals surface area contributed by atoms with Crippen LogP contribution in [0.3, 0.4) is 0 Å². The van der Waals surface area contributed by atoms with E-state index in [1.54, 1.807) is 0 Å². The maximum absolute atomic E-state index is 13.0. The summed E-state index contributed by atoms with van der Waals surface area (Å²) in [5, 5.41) is 2.88. The molecule has 122 valence electrons. The van der Waals surface area contributed by atoms with Gasteiger partial charge in [0.05, 0.1) is 4.47 Å². The molecule has 0 heterocycles. The summed E-state index contributed by atoms with van der Waals surface area (Å²) in [7, 11) is 0. The van der Waals surface area contributed by atoms with Gasteiger partial charge in [0.25, 0.3) is 5.91 Å². The fraction of sp³-hybridized carbons (Fsp3) is 0.278. The van der Waals surface area contributed by atoms with E-state index in [0.717, 1.165) is 6.42 Å². The van der Waals surface area contributed by atoms with Crippen molar-refractivity contribution in [3.63, 3.8) is 0 Å². The Hall–Kier alpha value is -1.88. The van der Waals surface area contributed by atoms with Gasteiger partial charge in [0.1, 0.15) is 11.6 Å². The zero-order chi connectivity index (χ0) is 16.7. The second kappa shape index (κ2) is 8.67. The van der Waals surface area contributed by atoms with Gasteiger partial charge >= 0.3 is 0 Å². The second-order valence-electron chi connectivity index (χ2n) is 5.18. The normalized spacial score (nSPS) is 11.8. The molecule has 0 saturated heterocycles. The lowest BCUT2D eigenvalue weighted by Gasteiger charge is -2.16.